The number of pyridine rings is 1. The molecule has 0 saturated heterocycles. The van der Waals surface area contributed by atoms with Crippen molar-refractivity contribution in [1.82, 2.24) is 9.88 Å². The summed E-state index contributed by atoms with van der Waals surface area (Å²) >= 11 is 0. The highest BCUT2D eigenvalue weighted by Crippen LogP contribution is 2.19. The molecule has 0 aliphatic rings. The first kappa shape index (κ1) is 20.6. The number of Topliss-reactive ketones (excluding diaryl/α,β-unsaturated/α-hetero) is 1. The van der Waals surface area contributed by atoms with Crippen LogP contribution in [0.2, 0.25) is 0 Å². The maximum atomic E-state index is 12.6. The zero-order valence-corrected chi connectivity index (χ0v) is 15.1. The van der Waals surface area contributed by atoms with E-state index in [9.17, 15) is 4.79 Å². The Bertz CT molecular complexity index is 575. The SMILES string of the molecule is CC.CC.CN(C)/C=C(/C(=O)c1ccccc1)c1ccncc1. The van der Waals surface area contributed by atoms with Crippen molar-refractivity contribution < 1.29 is 4.79 Å². The number of hydrogen-bond donors (Lipinski definition) is 0. The molecule has 0 saturated carbocycles. The maximum absolute atomic E-state index is 12.6. The molecule has 0 bridgehead atoms. The van der Waals surface area contributed by atoms with Gasteiger partial charge in [-0.3, -0.25) is 9.78 Å². The summed E-state index contributed by atoms with van der Waals surface area (Å²) in [5.41, 5.74) is 2.23. The van der Waals surface area contributed by atoms with Crippen LogP contribution < -0.4 is 0 Å². The normalized spacial score (nSPS) is 9.74. The molecule has 1 aromatic carbocycles. The van der Waals surface area contributed by atoms with Crippen LogP contribution >= 0.6 is 0 Å². The van der Waals surface area contributed by atoms with Gasteiger partial charge < -0.3 is 4.90 Å². The van der Waals surface area contributed by atoms with Crippen molar-refractivity contribution in [3.05, 3.63) is 72.2 Å². The van der Waals surface area contributed by atoms with Crippen LogP contribution in [0, 0.1) is 0 Å². The minimum Gasteiger partial charge on any atom is -0.383 e. The Balaban J connectivity index is 0.00000112. The minimum atomic E-state index is 0.0144. The molecule has 3 nitrogen and oxygen atoms in total. The Hall–Kier alpha value is -2.42. The van der Waals surface area contributed by atoms with Crippen LogP contribution in [-0.2, 0) is 0 Å². The van der Waals surface area contributed by atoms with Gasteiger partial charge in [0.2, 0.25) is 0 Å². The van der Waals surface area contributed by atoms with E-state index in [0.29, 0.717) is 11.1 Å². The fourth-order valence-electron chi connectivity index (χ4n) is 1.80. The summed E-state index contributed by atoms with van der Waals surface area (Å²) in [6.45, 7) is 8.00. The maximum Gasteiger partial charge on any atom is 0.195 e. The number of rotatable bonds is 4. The molecule has 0 aliphatic carbocycles. The molecule has 1 heterocycles. The molecule has 0 unspecified atom stereocenters. The molecule has 3 heteroatoms. The van der Waals surface area contributed by atoms with E-state index in [1.54, 1.807) is 12.4 Å². The highest BCUT2D eigenvalue weighted by molar-refractivity contribution is 6.28. The summed E-state index contributed by atoms with van der Waals surface area (Å²) in [6, 6.07) is 13.0. The Morgan fingerprint density at radius 1 is 0.870 bits per heavy atom. The third kappa shape index (κ3) is 6.92. The van der Waals surface area contributed by atoms with Crippen molar-refractivity contribution in [2.24, 2.45) is 0 Å². The number of ketones is 1. The quantitative estimate of drug-likeness (QED) is 0.593. The van der Waals surface area contributed by atoms with Gasteiger partial charge in [0.1, 0.15) is 0 Å². The molecule has 1 aromatic heterocycles. The van der Waals surface area contributed by atoms with Crippen molar-refractivity contribution in [2.75, 3.05) is 14.1 Å². The summed E-state index contributed by atoms with van der Waals surface area (Å²) < 4.78 is 0. The highest BCUT2D eigenvalue weighted by atomic mass is 16.1. The van der Waals surface area contributed by atoms with E-state index in [4.69, 9.17) is 0 Å². The standard InChI is InChI=1S/C16H16N2O.2C2H6/c1-18(2)12-15(13-8-10-17-11-9-13)16(19)14-6-4-3-5-7-14;2*1-2/h3-12H,1-2H3;2*1-2H3/b15-12+;;. The van der Waals surface area contributed by atoms with Crippen molar-refractivity contribution in [2.45, 2.75) is 27.7 Å². The summed E-state index contributed by atoms with van der Waals surface area (Å²) in [5, 5.41) is 0. The minimum absolute atomic E-state index is 0.0144. The molecule has 0 fully saturated rings. The highest BCUT2D eigenvalue weighted by Gasteiger charge is 2.14. The van der Waals surface area contributed by atoms with Gasteiger partial charge in [-0.25, -0.2) is 0 Å². The Labute approximate surface area is 140 Å². The zero-order chi connectivity index (χ0) is 17.7. The van der Waals surface area contributed by atoms with Gasteiger partial charge >= 0.3 is 0 Å². The Morgan fingerprint density at radius 3 is 1.87 bits per heavy atom. The topological polar surface area (TPSA) is 33.2 Å². The van der Waals surface area contributed by atoms with Crippen molar-refractivity contribution in [3.8, 4) is 0 Å². The number of aromatic nitrogens is 1. The van der Waals surface area contributed by atoms with Crippen LogP contribution in [0.4, 0.5) is 0 Å². The van der Waals surface area contributed by atoms with Crippen molar-refractivity contribution in [3.63, 3.8) is 0 Å². The third-order valence-corrected chi connectivity index (χ3v) is 2.66. The smallest absolute Gasteiger partial charge is 0.195 e. The van der Waals surface area contributed by atoms with Gasteiger partial charge in [0.25, 0.3) is 0 Å². The number of allylic oxidation sites excluding steroid dienone is 1. The summed E-state index contributed by atoms with van der Waals surface area (Å²) in [5.74, 6) is 0.0144. The molecule has 124 valence electrons. The summed E-state index contributed by atoms with van der Waals surface area (Å²) in [4.78, 5) is 18.4. The van der Waals surface area contributed by atoms with Crippen LogP contribution in [0.25, 0.3) is 5.57 Å². The molecule has 0 spiro atoms. The van der Waals surface area contributed by atoms with Crippen LogP contribution in [0.5, 0.6) is 0 Å². The predicted molar refractivity (Wildman–Crippen MR) is 99.4 cm³/mol. The Kier molecular flexibility index (Phi) is 10.9. The summed E-state index contributed by atoms with van der Waals surface area (Å²) in [6.07, 6.45) is 5.22. The van der Waals surface area contributed by atoms with Gasteiger partial charge in [0.15, 0.2) is 5.78 Å². The molecular formula is C20H28N2O. The number of nitrogens with zero attached hydrogens (tertiary/aromatic N) is 2. The van der Waals surface area contributed by atoms with Gasteiger partial charge in [0, 0.05) is 43.8 Å². The number of hydrogen-bond acceptors (Lipinski definition) is 3. The molecule has 0 aliphatic heterocycles. The second-order valence-electron chi connectivity index (χ2n) is 4.44. The first-order chi connectivity index (χ1) is 11.2. The monoisotopic (exact) mass is 312 g/mol. The Morgan fingerprint density at radius 2 is 1.39 bits per heavy atom. The third-order valence-electron chi connectivity index (χ3n) is 2.66. The molecule has 23 heavy (non-hydrogen) atoms. The number of benzene rings is 1. The van der Waals surface area contributed by atoms with Crippen LogP contribution in [0.15, 0.2) is 61.1 Å². The average molecular weight is 312 g/mol. The molecule has 0 radical (unpaired) electrons. The van der Waals surface area contributed by atoms with Gasteiger partial charge in [0.05, 0.1) is 0 Å². The molecular weight excluding hydrogens is 284 g/mol. The number of carbonyl (C=O) groups excluding carboxylic acids is 1. The average Bonchev–Trinajstić information content (AvgIpc) is 2.64. The molecule has 0 N–H and O–H groups in total. The van der Waals surface area contributed by atoms with E-state index < -0.39 is 0 Å². The second kappa shape index (κ2) is 12.2. The molecule has 0 atom stereocenters. The van der Waals surface area contributed by atoms with E-state index in [1.807, 2.05) is 95.4 Å². The lowest BCUT2D eigenvalue weighted by Crippen LogP contribution is -2.09. The lowest BCUT2D eigenvalue weighted by atomic mass is 9.98. The van der Waals surface area contributed by atoms with Crippen LogP contribution in [-0.4, -0.2) is 29.8 Å². The lowest BCUT2D eigenvalue weighted by molar-refractivity contribution is 0.105. The summed E-state index contributed by atoms with van der Waals surface area (Å²) in [7, 11) is 3.80. The van der Waals surface area contributed by atoms with Gasteiger partial charge in [-0.2, -0.15) is 0 Å². The second-order valence-corrected chi connectivity index (χ2v) is 4.44. The fourth-order valence-corrected chi connectivity index (χ4v) is 1.80. The van der Waals surface area contributed by atoms with Crippen LogP contribution in [0.1, 0.15) is 43.6 Å². The van der Waals surface area contributed by atoms with Crippen molar-refractivity contribution >= 4 is 11.4 Å². The van der Waals surface area contributed by atoms with Gasteiger partial charge in [-0.1, -0.05) is 58.0 Å². The van der Waals surface area contributed by atoms with E-state index in [2.05, 4.69) is 4.98 Å². The van der Waals surface area contributed by atoms with E-state index >= 15 is 0 Å². The molecule has 0 amide bonds. The first-order valence-electron chi connectivity index (χ1n) is 8.07. The molecule has 2 rings (SSSR count). The van der Waals surface area contributed by atoms with E-state index in [-0.39, 0.29) is 5.78 Å². The molecule has 2 aromatic rings. The predicted octanol–water partition coefficient (Wildman–Crippen LogP) is 4.92. The lowest BCUT2D eigenvalue weighted by Gasteiger charge is -2.11. The van der Waals surface area contributed by atoms with Crippen molar-refractivity contribution in [1.29, 1.82) is 0 Å². The number of carbonyl (C=O) groups is 1. The van der Waals surface area contributed by atoms with Gasteiger partial charge in [-0.05, 0) is 17.7 Å². The fraction of sp³-hybridized carbons (Fsp3) is 0.300. The van der Waals surface area contributed by atoms with Crippen LogP contribution in [0.3, 0.4) is 0 Å². The largest absolute Gasteiger partial charge is 0.383 e. The zero-order valence-electron chi connectivity index (χ0n) is 15.1. The van der Waals surface area contributed by atoms with E-state index in [1.165, 1.54) is 0 Å². The first-order valence-corrected chi connectivity index (χ1v) is 8.07. The van der Waals surface area contributed by atoms with Gasteiger partial charge in [-0.15, -0.1) is 0 Å². The van der Waals surface area contributed by atoms with E-state index in [0.717, 1.165) is 5.56 Å².